The molecule has 7 heteroatoms. The first kappa shape index (κ1) is 22.2. The van der Waals surface area contributed by atoms with Crippen LogP contribution >= 0.6 is 0 Å². The summed E-state index contributed by atoms with van der Waals surface area (Å²) in [5, 5.41) is 2.76. The van der Waals surface area contributed by atoms with Crippen LogP contribution in [-0.4, -0.2) is 37.0 Å². The number of amides is 1. The highest BCUT2D eigenvalue weighted by atomic mass is 32.2. The van der Waals surface area contributed by atoms with Crippen LogP contribution in [0.5, 0.6) is 0 Å². The van der Waals surface area contributed by atoms with Crippen molar-refractivity contribution in [2.24, 2.45) is 0 Å². The van der Waals surface area contributed by atoms with Crippen molar-refractivity contribution in [3.63, 3.8) is 0 Å². The Hall–Kier alpha value is -2.51. The topological polar surface area (TPSA) is 83.6 Å². The number of benzene rings is 2. The quantitative estimate of drug-likeness (QED) is 0.659. The molecule has 0 heterocycles. The first-order chi connectivity index (χ1) is 14.3. The zero-order chi connectivity index (χ0) is 21.7. The van der Waals surface area contributed by atoms with E-state index in [1.54, 1.807) is 28.6 Å². The van der Waals surface area contributed by atoms with Crippen molar-refractivity contribution < 1.29 is 18.0 Å². The highest BCUT2D eigenvalue weighted by molar-refractivity contribution is 7.89. The maximum atomic E-state index is 13.1. The second kappa shape index (κ2) is 9.53. The lowest BCUT2D eigenvalue weighted by atomic mass is 9.95. The van der Waals surface area contributed by atoms with Gasteiger partial charge in [0.25, 0.3) is 5.91 Å². The summed E-state index contributed by atoms with van der Waals surface area (Å²) in [5.74, 6) is -0.381. The molecule has 0 bridgehead atoms. The van der Waals surface area contributed by atoms with E-state index in [0.29, 0.717) is 23.4 Å². The molecule has 0 radical (unpaired) electrons. The number of nitrogens with one attached hydrogen (secondary N) is 1. The summed E-state index contributed by atoms with van der Waals surface area (Å²) in [6.45, 7) is 3.79. The molecule has 1 aliphatic carbocycles. The molecule has 2 aromatic rings. The third-order valence-electron chi connectivity index (χ3n) is 5.57. The standard InChI is InChI=1S/C23H28N2O4S/c1-3-25(21-7-5-4-6-8-21)30(28,29)22-15-11-19(12-16-22)23(27)24-20-13-9-18(10-14-20)17(2)26/h9-16,21H,3-8H2,1-2H3,(H,24,27). The second-order valence-electron chi connectivity index (χ2n) is 7.61. The van der Waals surface area contributed by atoms with Gasteiger partial charge in [0.1, 0.15) is 0 Å². The molecular weight excluding hydrogens is 400 g/mol. The Morgan fingerprint density at radius 3 is 2.03 bits per heavy atom. The van der Waals surface area contributed by atoms with Crippen LogP contribution in [0.2, 0.25) is 0 Å². The molecule has 1 aliphatic rings. The molecule has 0 spiro atoms. The van der Waals surface area contributed by atoms with Crippen LogP contribution < -0.4 is 5.32 Å². The Morgan fingerprint density at radius 2 is 1.50 bits per heavy atom. The molecule has 2 aromatic carbocycles. The smallest absolute Gasteiger partial charge is 0.255 e. The van der Waals surface area contributed by atoms with E-state index in [0.717, 1.165) is 32.1 Å². The molecule has 0 atom stereocenters. The Balaban J connectivity index is 1.72. The second-order valence-corrected chi connectivity index (χ2v) is 9.50. The lowest BCUT2D eigenvalue weighted by Gasteiger charge is -2.32. The molecule has 0 aliphatic heterocycles. The van der Waals surface area contributed by atoms with Crippen LogP contribution in [0.4, 0.5) is 5.69 Å². The minimum absolute atomic E-state index is 0.0426. The number of Topliss-reactive ketones (excluding diaryl/α,β-unsaturated/α-hetero) is 1. The third kappa shape index (κ3) is 4.96. The highest BCUT2D eigenvalue weighted by Crippen LogP contribution is 2.27. The normalized spacial score (nSPS) is 15.2. The monoisotopic (exact) mass is 428 g/mol. The van der Waals surface area contributed by atoms with E-state index < -0.39 is 10.0 Å². The Labute approximate surface area is 178 Å². The number of hydrogen-bond donors (Lipinski definition) is 1. The Bertz CT molecular complexity index is 993. The molecular formula is C23H28N2O4S. The average Bonchev–Trinajstić information content (AvgIpc) is 2.75. The number of rotatable bonds is 7. The number of ketones is 1. The molecule has 0 unspecified atom stereocenters. The van der Waals surface area contributed by atoms with Gasteiger partial charge in [-0.2, -0.15) is 4.31 Å². The number of anilines is 1. The lowest BCUT2D eigenvalue weighted by molar-refractivity contribution is 0.101. The van der Waals surface area contributed by atoms with Crippen LogP contribution in [0.25, 0.3) is 0 Å². The van der Waals surface area contributed by atoms with Crippen molar-refractivity contribution in [3.8, 4) is 0 Å². The van der Waals surface area contributed by atoms with Crippen molar-refractivity contribution in [3.05, 3.63) is 59.7 Å². The largest absolute Gasteiger partial charge is 0.322 e. The van der Waals surface area contributed by atoms with Gasteiger partial charge in [0.15, 0.2) is 5.78 Å². The Kier molecular flexibility index (Phi) is 7.05. The first-order valence-corrected chi connectivity index (χ1v) is 11.8. The zero-order valence-electron chi connectivity index (χ0n) is 17.4. The summed E-state index contributed by atoms with van der Waals surface area (Å²) in [6, 6.07) is 12.7. The number of carbonyl (C=O) groups is 2. The van der Waals surface area contributed by atoms with Gasteiger partial charge in [0.05, 0.1) is 4.90 Å². The summed E-state index contributed by atoms with van der Waals surface area (Å²) >= 11 is 0. The van der Waals surface area contributed by atoms with E-state index in [4.69, 9.17) is 0 Å². The maximum Gasteiger partial charge on any atom is 0.255 e. The summed E-state index contributed by atoms with van der Waals surface area (Å²) in [4.78, 5) is 24.0. The van der Waals surface area contributed by atoms with Gasteiger partial charge in [-0.25, -0.2) is 8.42 Å². The van der Waals surface area contributed by atoms with Gasteiger partial charge in [0, 0.05) is 29.4 Å². The van der Waals surface area contributed by atoms with E-state index in [1.807, 2.05) is 6.92 Å². The van der Waals surface area contributed by atoms with Crippen molar-refractivity contribution in [2.75, 3.05) is 11.9 Å². The fourth-order valence-electron chi connectivity index (χ4n) is 3.90. The summed E-state index contributed by atoms with van der Waals surface area (Å²) in [5.41, 5.74) is 1.50. The minimum atomic E-state index is -3.60. The van der Waals surface area contributed by atoms with Crippen molar-refractivity contribution in [1.82, 2.24) is 4.31 Å². The van der Waals surface area contributed by atoms with Gasteiger partial charge >= 0.3 is 0 Å². The molecule has 6 nitrogen and oxygen atoms in total. The van der Waals surface area contributed by atoms with Gasteiger partial charge in [-0.05, 0) is 68.3 Å². The van der Waals surface area contributed by atoms with E-state index in [1.165, 1.54) is 31.2 Å². The predicted octanol–water partition coefficient (Wildman–Crippen LogP) is 4.48. The third-order valence-corrected chi connectivity index (χ3v) is 7.61. The van der Waals surface area contributed by atoms with Gasteiger partial charge in [-0.1, -0.05) is 26.2 Å². The molecule has 0 saturated heterocycles. The molecule has 0 aromatic heterocycles. The molecule has 1 amide bonds. The zero-order valence-corrected chi connectivity index (χ0v) is 18.2. The van der Waals surface area contributed by atoms with Gasteiger partial charge in [-0.15, -0.1) is 0 Å². The van der Waals surface area contributed by atoms with Crippen LogP contribution in [0.1, 0.15) is 66.7 Å². The molecule has 30 heavy (non-hydrogen) atoms. The SMILES string of the molecule is CCN(C1CCCCC1)S(=O)(=O)c1ccc(C(=O)Nc2ccc(C(C)=O)cc2)cc1. The molecule has 3 rings (SSSR count). The maximum absolute atomic E-state index is 13.1. The van der Waals surface area contributed by atoms with Gasteiger partial charge in [0.2, 0.25) is 10.0 Å². The van der Waals surface area contributed by atoms with Crippen molar-refractivity contribution in [2.45, 2.75) is 56.9 Å². The molecule has 160 valence electrons. The van der Waals surface area contributed by atoms with E-state index in [-0.39, 0.29) is 22.6 Å². The summed E-state index contributed by atoms with van der Waals surface area (Å²) in [7, 11) is -3.60. The molecule has 1 fully saturated rings. The van der Waals surface area contributed by atoms with Gasteiger partial charge in [-0.3, -0.25) is 9.59 Å². The van der Waals surface area contributed by atoms with Crippen LogP contribution in [-0.2, 0) is 10.0 Å². The fourth-order valence-corrected chi connectivity index (χ4v) is 5.59. The van der Waals surface area contributed by atoms with Crippen LogP contribution in [0.15, 0.2) is 53.4 Å². The number of nitrogens with zero attached hydrogens (tertiary/aromatic N) is 1. The van der Waals surface area contributed by atoms with Crippen LogP contribution in [0.3, 0.4) is 0 Å². The average molecular weight is 429 g/mol. The van der Waals surface area contributed by atoms with Gasteiger partial charge < -0.3 is 5.32 Å². The van der Waals surface area contributed by atoms with Crippen LogP contribution in [0, 0.1) is 0 Å². The first-order valence-electron chi connectivity index (χ1n) is 10.4. The van der Waals surface area contributed by atoms with E-state index >= 15 is 0 Å². The Morgan fingerprint density at radius 1 is 0.933 bits per heavy atom. The lowest BCUT2D eigenvalue weighted by Crippen LogP contribution is -2.41. The minimum Gasteiger partial charge on any atom is -0.322 e. The van der Waals surface area contributed by atoms with E-state index in [9.17, 15) is 18.0 Å². The summed E-state index contributed by atoms with van der Waals surface area (Å²) < 4.78 is 27.8. The van der Waals surface area contributed by atoms with Crippen molar-refractivity contribution >= 4 is 27.4 Å². The molecule has 1 N–H and O–H groups in total. The number of sulfonamides is 1. The summed E-state index contributed by atoms with van der Waals surface area (Å²) in [6.07, 6.45) is 5.08. The highest BCUT2D eigenvalue weighted by Gasteiger charge is 2.31. The fraction of sp³-hybridized carbons (Fsp3) is 0.391. The van der Waals surface area contributed by atoms with Crippen molar-refractivity contribution in [1.29, 1.82) is 0 Å². The van der Waals surface area contributed by atoms with E-state index in [2.05, 4.69) is 5.32 Å². The number of hydrogen-bond acceptors (Lipinski definition) is 4. The predicted molar refractivity (Wildman–Crippen MR) is 117 cm³/mol. The molecule has 1 saturated carbocycles. The number of carbonyl (C=O) groups excluding carboxylic acids is 2.